The molecule has 8 nitrogen and oxygen atoms in total. The van der Waals surface area contributed by atoms with E-state index in [1.54, 1.807) is 23.1 Å². The van der Waals surface area contributed by atoms with Crippen LogP contribution in [0.3, 0.4) is 0 Å². The zero-order valence-electron chi connectivity index (χ0n) is 15.3. The third-order valence-electron chi connectivity index (χ3n) is 4.50. The molecule has 1 heterocycles. The van der Waals surface area contributed by atoms with Crippen LogP contribution in [0.2, 0.25) is 10.0 Å². The second-order valence-corrected chi connectivity index (χ2v) is 7.37. The minimum absolute atomic E-state index is 0.00569. The summed E-state index contributed by atoms with van der Waals surface area (Å²) in [6.07, 6.45) is -0.986. The highest BCUT2D eigenvalue weighted by molar-refractivity contribution is 6.34. The number of hydrogen-bond acceptors (Lipinski definition) is 6. The van der Waals surface area contributed by atoms with Gasteiger partial charge in [0.1, 0.15) is 5.69 Å². The van der Waals surface area contributed by atoms with Crippen molar-refractivity contribution in [1.82, 2.24) is 4.90 Å². The molecule has 1 saturated heterocycles. The van der Waals surface area contributed by atoms with Crippen LogP contribution in [0.4, 0.5) is 11.4 Å². The van der Waals surface area contributed by atoms with Crippen LogP contribution in [0.5, 0.6) is 0 Å². The molecule has 154 valence electrons. The molecule has 1 aliphatic heterocycles. The first-order valence-electron chi connectivity index (χ1n) is 8.88. The van der Waals surface area contributed by atoms with Gasteiger partial charge in [0.2, 0.25) is 0 Å². The first-order chi connectivity index (χ1) is 13.8. The van der Waals surface area contributed by atoms with E-state index in [0.29, 0.717) is 41.9 Å². The summed E-state index contributed by atoms with van der Waals surface area (Å²) in [5, 5.41) is 25.5. The van der Waals surface area contributed by atoms with Crippen LogP contribution in [0, 0.1) is 10.1 Å². The number of nitrogens with zero attached hydrogens (tertiary/aromatic N) is 2. The molecule has 1 unspecified atom stereocenters. The van der Waals surface area contributed by atoms with Crippen LogP contribution in [-0.4, -0.2) is 53.7 Å². The van der Waals surface area contributed by atoms with E-state index in [2.05, 4.69) is 5.32 Å². The van der Waals surface area contributed by atoms with E-state index >= 15 is 0 Å². The molecule has 3 rings (SSSR count). The lowest BCUT2D eigenvalue weighted by atomic mass is 10.1. The summed E-state index contributed by atoms with van der Waals surface area (Å²) in [7, 11) is 0. The fourth-order valence-electron chi connectivity index (χ4n) is 3.01. The number of amides is 1. The number of nitro benzene ring substituents is 1. The lowest BCUT2D eigenvalue weighted by Gasteiger charge is -2.26. The second-order valence-electron chi connectivity index (χ2n) is 6.49. The van der Waals surface area contributed by atoms with Gasteiger partial charge in [-0.1, -0.05) is 23.2 Å². The molecule has 0 bridgehead atoms. The van der Waals surface area contributed by atoms with Crippen molar-refractivity contribution in [3.8, 4) is 0 Å². The van der Waals surface area contributed by atoms with Gasteiger partial charge < -0.3 is 20.1 Å². The summed E-state index contributed by atoms with van der Waals surface area (Å²) in [4.78, 5) is 25.1. The molecule has 0 saturated carbocycles. The molecular weight excluding hydrogens is 421 g/mol. The maximum absolute atomic E-state index is 12.6. The Morgan fingerprint density at radius 1 is 1.21 bits per heavy atom. The molecule has 2 aromatic rings. The Balaban J connectivity index is 1.75. The standard InChI is InChI=1S/C19H19Cl2N3O5/c20-14-7-13(8-15(21)10-14)18(25)11-22-16-2-1-12(9-17(16)24(27)28)19(26)23-3-5-29-6-4-23/h1-2,7-10,18,22,25H,3-6,11H2. The predicted octanol–water partition coefficient (Wildman–Crippen LogP) is 3.52. The molecule has 1 aliphatic rings. The predicted molar refractivity (Wildman–Crippen MR) is 110 cm³/mol. The molecule has 0 aliphatic carbocycles. The summed E-state index contributed by atoms with van der Waals surface area (Å²) in [6.45, 7) is 1.77. The number of carbonyl (C=O) groups is 1. The average Bonchev–Trinajstić information content (AvgIpc) is 2.71. The van der Waals surface area contributed by atoms with Gasteiger partial charge in [0.15, 0.2) is 0 Å². The number of nitro groups is 1. The van der Waals surface area contributed by atoms with Crippen molar-refractivity contribution in [2.24, 2.45) is 0 Å². The number of carbonyl (C=O) groups excluding carboxylic acids is 1. The van der Waals surface area contributed by atoms with Crippen LogP contribution < -0.4 is 5.32 Å². The van der Waals surface area contributed by atoms with Crippen LogP contribution in [0.15, 0.2) is 36.4 Å². The van der Waals surface area contributed by atoms with Gasteiger partial charge in [-0.2, -0.15) is 0 Å². The largest absolute Gasteiger partial charge is 0.387 e. The lowest BCUT2D eigenvalue weighted by Crippen LogP contribution is -2.40. The second kappa shape index (κ2) is 9.41. The average molecular weight is 440 g/mol. The summed E-state index contributed by atoms with van der Waals surface area (Å²) in [5.74, 6) is -0.281. The molecule has 2 N–H and O–H groups in total. The number of aliphatic hydroxyl groups is 1. The number of morpholine rings is 1. The third-order valence-corrected chi connectivity index (χ3v) is 4.93. The van der Waals surface area contributed by atoms with Gasteiger partial charge in [0.05, 0.1) is 24.2 Å². The quantitative estimate of drug-likeness (QED) is 0.526. The smallest absolute Gasteiger partial charge is 0.293 e. The fraction of sp³-hybridized carbons (Fsp3) is 0.316. The zero-order chi connectivity index (χ0) is 21.0. The van der Waals surface area contributed by atoms with Gasteiger partial charge >= 0.3 is 0 Å². The molecule has 0 spiro atoms. The third kappa shape index (κ3) is 5.36. The van der Waals surface area contributed by atoms with Crippen molar-refractivity contribution in [2.75, 3.05) is 38.2 Å². The number of rotatable bonds is 6. The highest BCUT2D eigenvalue weighted by Crippen LogP contribution is 2.28. The Bertz CT molecular complexity index is 898. The molecule has 29 heavy (non-hydrogen) atoms. The van der Waals surface area contributed by atoms with E-state index < -0.39 is 11.0 Å². The number of anilines is 1. The summed E-state index contributed by atoms with van der Waals surface area (Å²) in [6, 6.07) is 8.90. The molecule has 1 fully saturated rings. The number of aliphatic hydroxyl groups excluding tert-OH is 1. The maximum atomic E-state index is 12.6. The molecule has 1 atom stereocenters. The van der Waals surface area contributed by atoms with E-state index in [9.17, 15) is 20.0 Å². The normalized spacial score (nSPS) is 15.1. The van der Waals surface area contributed by atoms with Crippen LogP contribution in [0.25, 0.3) is 0 Å². The lowest BCUT2D eigenvalue weighted by molar-refractivity contribution is -0.384. The van der Waals surface area contributed by atoms with Crippen LogP contribution >= 0.6 is 23.2 Å². The Morgan fingerprint density at radius 2 is 1.86 bits per heavy atom. The molecular formula is C19H19Cl2N3O5. The fourth-order valence-corrected chi connectivity index (χ4v) is 3.55. The highest BCUT2D eigenvalue weighted by atomic mass is 35.5. The Hall–Kier alpha value is -2.39. The van der Waals surface area contributed by atoms with Gasteiger partial charge in [0.25, 0.3) is 11.6 Å². The molecule has 2 aromatic carbocycles. The van der Waals surface area contributed by atoms with E-state index in [1.807, 2.05) is 0 Å². The van der Waals surface area contributed by atoms with Gasteiger partial charge in [-0.25, -0.2) is 0 Å². The van der Waals surface area contributed by atoms with Crippen molar-refractivity contribution in [1.29, 1.82) is 0 Å². The molecule has 1 amide bonds. The number of nitrogens with one attached hydrogen (secondary N) is 1. The van der Waals surface area contributed by atoms with Crippen molar-refractivity contribution < 1.29 is 19.6 Å². The van der Waals surface area contributed by atoms with Gasteiger partial charge in [-0.15, -0.1) is 0 Å². The van der Waals surface area contributed by atoms with Crippen LogP contribution in [0.1, 0.15) is 22.0 Å². The minimum atomic E-state index is -0.986. The molecule has 0 radical (unpaired) electrons. The summed E-state index contributed by atoms with van der Waals surface area (Å²) in [5.41, 5.74) is 0.657. The minimum Gasteiger partial charge on any atom is -0.387 e. The SMILES string of the molecule is O=C(c1ccc(NCC(O)c2cc(Cl)cc(Cl)c2)c([N+](=O)[O-])c1)N1CCOCC1. The van der Waals surface area contributed by atoms with E-state index in [-0.39, 0.29) is 29.4 Å². The van der Waals surface area contributed by atoms with Crippen molar-refractivity contribution in [2.45, 2.75) is 6.10 Å². The zero-order valence-corrected chi connectivity index (χ0v) is 16.8. The Labute approximate surface area is 177 Å². The monoisotopic (exact) mass is 439 g/mol. The maximum Gasteiger partial charge on any atom is 0.293 e. The first-order valence-corrected chi connectivity index (χ1v) is 9.64. The van der Waals surface area contributed by atoms with E-state index in [1.165, 1.54) is 18.2 Å². The van der Waals surface area contributed by atoms with Gasteiger partial charge in [-0.05, 0) is 35.9 Å². The van der Waals surface area contributed by atoms with E-state index in [0.717, 1.165) is 0 Å². The molecule has 0 aromatic heterocycles. The van der Waals surface area contributed by atoms with Crippen molar-refractivity contribution in [3.05, 3.63) is 67.7 Å². The highest BCUT2D eigenvalue weighted by Gasteiger charge is 2.23. The topological polar surface area (TPSA) is 105 Å². The summed E-state index contributed by atoms with van der Waals surface area (Å²) < 4.78 is 5.22. The number of benzene rings is 2. The van der Waals surface area contributed by atoms with Crippen LogP contribution in [-0.2, 0) is 4.74 Å². The number of hydrogen-bond donors (Lipinski definition) is 2. The Morgan fingerprint density at radius 3 is 2.48 bits per heavy atom. The first kappa shape index (κ1) is 21.3. The number of halogens is 2. The molecule has 10 heteroatoms. The number of ether oxygens (including phenoxy) is 1. The van der Waals surface area contributed by atoms with E-state index in [4.69, 9.17) is 27.9 Å². The Kier molecular flexibility index (Phi) is 6.92. The van der Waals surface area contributed by atoms with Crippen molar-refractivity contribution in [3.63, 3.8) is 0 Å². The van der Waals surface area contributed by atoms with Gasteiger partial charge in [0, 0.05) is 41.3 Å². The van der Waals surface area contributed by atoms with Crippen molar-refractivity contribution >= 4 is 40.5 Å². The van der Waals surface area contributed by atoms with Gasteiger partial charge in [-0.3, -0.25) is 14.9 Å². The summed E-state index contributed by atoms with van der Waals surface area (Å²) >= 11 is 11.9.